The predicted molar refractivity (Wildman–Crippen MR) is 103 cm³/mol. The molecule has 27 heavy (non-hydrogen) atoms. The molecule has 1 aliphatic rings. The number of fused-ring (bicyclic) bond motifs is 2. The zero-order valence-corrected chi connectivity index (χ0v) is 14.9. The Labute approximate surface area is 155 Å². The van der Waals surface area contributed by atoms with Gasteiger partial charge in [0.05, 0.1) is 10.9 Å². The molecule has 4 aromatic rings. The minimum absolute atomic E-state index is 0.136. The van der Waals surface area contributed by atoms with Crippen LogP contribution in [-0.2, 0) is 0 Å². The van der Waals surface area contributed by atoms with Crippen LogP contribution >= 0.6 is 0 Å². The molecule has 0 spiro atoms. The van der Waals surface area contributed by atoms with Crippen LogP contribution in [0.4, 0.5) is 0 Å². The summed E-state index contributed by atoms with van der Waals surface area (Å²) in [5.41, 5.74) is 4.45. The average molecular weight is 359 g/mol. The van der Waals surface area contributed by atoms with Gasteiger partial charge in [-0.15, -0.1) is 0 Å². The smallest absolute Gasteiger partial charge is 0.259 e. The van der Waals surface area contributed by atoms with Crippen molar-refractivity contribution >= 4 is 10.9 Å². The van der Waals surface area contributed by atoms with E-state index in [-0.39, 0.29) is 12.4 Å². The number of aryl methyl sites for hydroxylation is 1. The van der Waals surface area contributed by atoms with Crippen molar-refractivity contribution in [1.82, 2.24) is 14.5 Å². The second-order valence-electron chi connectivity index (χ2n) is 6.59. The molecule has 0 amide bonds. The van der Waals surface area contributed by atoms with E-state index in [1.165, 1.54) is 0 Å². The van der Waals surface area contributed by atoms with Crippen LogP contribution in [0.25, 0.3) is 28.0 Å². The summed E-state index contributed by atoms with van der Waals surface area (Å²) >= 11 is 0. The standard InChI is InChI=1S/C21H17N3O3/c1-12-9-16(20-22-17-6-4-3-5-15(17)21(25)23-20)13(2)24(12)14-7-8-18-19(10-14)27-11-26-18/h3-10H,11H2,1-2H3,(H,22,23,25). The maximum absolute atomic E-state index is 12.4. The Bertz CT molecular complexity index is 1250. The van der Waals surface area contributed by atoms with Gasteiger partial charge in [-0.3, -0.25) is 4.79 Å². The van der Waals surface area contributed by atoms with Crippen molar-refractivity contribution in [3.8, 4) is 28.6 Å². The first-order valence-corrected chi connectivity index (χ1v) is 8.70. The van der Waals surface area contributed by atoms with Crippen LogP contribution < -0.4 is 15.0 Å². The van der Waals surface area contributed by atoms with Gasteiger partial charge in [-0.1, -0.05) is 12.1 Å². The number of nitrogens with one attached hydrogen (secondary N) is 1. The molecule has 0 saturated carbocycles. The molecule has 1 N–H and O–H groups in total. The third-order valence-electron chi connectivity index (χ3n) is 4.91. The van der Waals surface area contributed by atoms with Gasteiger partial charge in [-0.25, -0.2) is 4.98 Å². The fourth-order valence-corrected chi connectivity index (χ4v) is 3.64. The van der Waals surface area contributed by atoms with Gasteiger partial charge in [0.2, 0.25) is 6.79 Å². The van der Waals surface area contributed by atoms with Crippen LogP contribution in [0.5, 0.6) is 11.5 Å². The van der Waals surface area contributed by atoms with Gasteiger partial charge in [0, 0.05) is 28.7 Å². The van der Waals surface area contributed by atoms with E-state index < -0.39 is 0 Å². The van der Waals surface area contributed by atoms with E-state index in [4.69, 9.17) is 9.47 Å². The molecule has 2 aromatic heterocycles. The molecule has 0 fully saturated rings. The quantitative estimate of drug-likeness (QED) is 0.592. The molecule has 5 rings (SSSR count). The molecule has 0 bridgehead atoms. The summed E-state index contributed by atoms with van der Waals surface area (Å²) in [5, 5.41) is 0.589. The van der Waals surface area contributed by atoms with Gasteiger partial charge in [-0.2, -0.15) is 0 Å². The first-order valence-electron chi connectivity index (χ1n) is 8.70. The van der Waals surface area contributed by atoms with Crippen molar-refractivity contribution in [1.29, 1.82) is 0 Å². The summed E-state index contributed by atoms with van der Waals surface area (Å²) < 4.78 is 13.0. The molecule has 0 unspecified atom stereocenters. The van der Waals surface area contributed by atoms with Crippen molar-refractivity contribution in [3.63, 3.8) is 0 Å². The van der Waals surface area contributed by atoms with E-state index >= 15 is 0 Å². The molecule has 1 aliphatic heterocycles. The van der Waals surface area contributed by atoms with Crippen LogP contribution in [0.2, 0.25) is 0 Å². The summed E-state index contributed by atoms with van der Waals surface area (Å²) in [6.07, 6.45) is 0. The summed E-state index contributed by atoms with van der Waals surface area (Å²) in [6.45, 7) is 4.29. The molecule has 2 aromatic carbocycles. The number of benzene rings is 2. The van der Waals surface area contributed by atoms with Crippen molar-refractivity contribution in [2.75, 3.05) is 6.79 Å². The molecule has 0 radical (unpaired) electrons. The molecule has 134 valence electrons. The Morgan fingerprint density at radius 1 is 1.04 bits per heavy atom. The summed E-state index contributed by atoms with van der Waals surface area (Å²) in [4.78, 5) is 20.0. The van der Waals surface area contributed by atoms with Crippen LogP contribution in [0.15, 0.2) is 53.3 Å². The molecule has 6 nitrogen and oxygen atoms in total. The van der Waals surface area contributed by atoms with Crippen molar-refractivity contribution in [3.05, 3.63) is 70.3 Å². The number of para-hydroxylation sites is 1. The molecular weight excluding hydrogens is 342 g/mol. The van der Waals surface area contributed by atoms with Gasteiger partial charge >= 0.3 is 0 Å². The second-order valence-corrected chi connectivity index (χ2v) is 6.59. The first-order chi connectivity index (χ1) is 13.1. The maximum Gasteiger partial charge on any atom is 0.259 e. The number of hydrogen-bond acceptors (Lipinski definition) is 4. The van der Waals surface area contributed by atoms with E-state index in [2.05, 4.69) is 14.5 Å². The number of aromatic nitrogens is 3. The Balaban J connectivity index is 1.68. The summed E-state index contributed by atoms with van der Waals surface area (Å²) in [6, 6.07) is 15.3. The van der Waals surface area contributed by atoms with Gasteiger partial charge in [0.15, 0.2) is 11.5 Å². The maximum atomic E-state index is 12.4. The van der Waals surface area contributed by atoms with Crippen LogP contribution in [0, 0.1) is 13.8 Å². The lowest BCUT2D eigenvalue weighted by Crippen LogP contribution is -2.09. The highest BCUT2D eigenvalue weighted by Crippen LogP contribution is 2.35. The second kappa shape index (κ2) is 5.74. The third kappa shape index (κ3) is 2.41. The van der Waals surface area contributed by atoms with E-state index in [1.807, 2.05) is 56.3 Å². The van der Waals surface area contributed by atoms with Gasteiger partial charge in [-0.05, 0) is 44.2 Å². The summed E-state index contributed by atoms with van der Waals surface area (Å²) in [5.74, 6) is 2.06. The van der Waals surface area contributed by atoms with Crippen LogP contribution in [-0.4, -0.2) is 21.3 Å². The zero-order valence-electron chi connectivity index (χ0n) is 14.9. The van der Waals surface area contributed by atoms with Gasteiger partial charge < -0.3 is 19.0 Å². The third-order valence-corrected chi connectivity index (χ3v) is 4.91. The zero-order chi connectivity index (χ0) is 18.5. The molecule has 6 heteroatoms. The number of H-pyrrole nitrogens is 1. The molecule has 3 heterocycles. The van der Waals surface area contributed by atoms with Gasteiger partial charge in [0.25, 0.3) is 5.56 Å². The van der Waals surface area contributed by atoms with Crippen LogP contribution in [0.1, 0.15) is 11.4 Å². The van der Waals surface area contributed by atoms with Crippen molar-refractivity contribution in [2.24, 2.45) is 0 Å². The molecule has 0 saturated heterocycles. The number of rotatable bonds is 2. The lowest BCUT2D eigenvalue weighted by molar-refractivity contribution is 0.174. The number of hydrogen-bond donors (Lipinski definition) is 1. The van der Waals surface area contributed by atoms with Crippen molar-refractivity contribution in [2.45, 2.75) is 13.8 Å². The lowest BCUT2D eigenvalue weighted by Gasteiger charge is -2.11. The van der Waals surface area contributed by atoms with E-state index in [0.717, 1.165) is 34.1 Å². The summed E-state index contributed by atoms with van der Waals surface area (Å²) in [7, 11) is 0. The van der Waals surface area contributed by atoms with Gasteiger partial charge in [0.1, 0.15) is 5.82 Å². The first kappa shape index (κ1) is 15.7. The van der Waals surface area contributed by atoms with E-state index in [1.54, 1.807) is 6.07 Å². The fraction of sp³-hybridized carbons (Fsp3) is 0.143. The molecule has 0 atom stereocenters. The van der Waals surface area contributed by atoms with E-state index in [0.29, 0.717) is 16.7 Å². The van der Waals surface area contributed by atoms with Crippen LogP contribution in [0.3, 0.4) is 0 Å². The predicted octanol–water partition coefficient (Wildman–Crippen LogP) is 3.73. The highest BCUT2D eigenvalue weighted by atomic mass is 16.7. The normalized spacial score (nSPS) is 12.7. The minimum atomic E-state index is -0.136. The lowest BCUT2D eigenvalue weighted by atomic mass is 10.2. The average Bonchev–Trinajstić information content (AvgIpc) is 3.25. The Kier molecular flexibility index (Phi) is 3.33. The Morgan fingerprint density at radius 2 is 1.85 bits per heavy atom. The number of nitrogens with zero attached hydrogens (tertiary/aromatic N) is 2. The fourth-order valence-electron chi connectivity index (χ4n) is 3.64. The Hall–Kier alpha value is -3.54. The number of aromatic amines is 1. The monoisotopic (exact) mass is 359 g/mol. The van der Waals surface area contributed by atoms with Crippen molar-refractivity contribution < 1.29 is 9.47 Å². The minimum Gasteiger partial charge on any atom is -0.454 e. The highest BCUT2D eigenvalue weighted by Gasteiger charge is 2.18. The Morgan fingerprint density at radius 3 is 2.74 bits per heavy atom. The highest BCUT2D eigenvalue weighted by molar-refractivity contribution is 5.79. The largest absolute Gasteiger partial charge is 0.454 e. The van der Waals surface area contributed by atoms with E-state index in [9.17, 15) is 4.79 Å². The topological polar surface area (TPSA) is 69.1 Å². The molecular formula is C21H17N3O3. The number of ether oxygens (including phenoxy) is 2. The molecule has 0 aliphatic carbocycles. The SMILES string of the molecule is Cc1cc(-c2nc3ccccc3c(=O)[nH]2)c(C)n1-c1ccc2c(c1)OCO2.